The summed E-state index contributed by atoms with van der Waals surface area (Å²) in [7, 11) is 0. The summed E-state index contributed by atoms with van der Waals surface area (Å²) in [5.74, 6) is 0. The van der Waals surface area contributed by atoms with Crippen LogP contribution < -0.4 is 0 Å². The Morgan fingerprint density at radius 2 is 1.17 bits per heavy atom. The molecule has 0 aromatic carbocycles. The van der Waals surface area contributed by atoms with Crippen LogP contribution >= 0.6 is 0 Å². The van der Waals surface area contributed by atoms with E-state index in [1.165, 1.54) is 38.5 Å². The van der Waals surface area contributed by atoms with Gasteiger partial charge in [0, 0.05) is 35.6 Å². The van der Waals surface area contributed by atoms with Crippen LogP contribution in [0.4, 0.5) is 0 Å². The van der Waals surface area contributed by atoms with Crippen molar-refractivity contribution in [3.8, 4) is 0 Å². The first kappa shape index (κ1) is 15.2. The van der Waals surface area contributed by atoms with Gasteiger partial charge in [-0.05, 0) is 12.8 Å². The van der Waals surface area contributed by atoms with Gasteiger partial charge in [-0.1, -0.05) is 39.5 Å². The molecule has 0 unspecified atom stereocenters. The predicted octanol–water partition coefficient (Wildman–Crippen LogP) is 3.38. The molecule has 0 amide bonds. The summed E-state index contributed by atoms with van der Waals surface area (Å²) >= 11 is 0. The van der Waals surface area contributed by atoms with E-state index < -0.39 is 0 Å². The van der Waals surface area contributed by atoms with Gasteiger partial charge < -0.3 is 4.74 Å². The van der Waals surface area contributed by atoms with Gasteiger partial charge in [-0.2, -0.15) is 0 Å². The van der Waals surface area contributed by atoms with Crippen molar-refractivity contribution in [1.29, 1.82) is 0 Å². The molecule has 0 aliphatic carbocycles. The molecule has 0 heterocycles. The van der Waals surface area contributed by atoms with Crippen molar-refractivity contribution >= 4 is 0 Å². The van der Waals surface area contributed by atoms with E-state index in [0.717, 1.165) is 13.2 Å². The summed E-state index contributed by atoms with van der Waals surface area (Å²) in [6.45, 7) is 6.38. The summed E-state index contributed by atoms with van der Waals surface area (Å²) in [4.78, 5) is 0. The van der Waals surface area contributed by atoms with Gasteiger partial charge in [0.05, 0.1) is 0 Å². The second-order valence-electron chi connectivity index (χ2n) is 3.03. The molecule has 0 aliphatic heterocycles. The summed E-state index contributed by atoms with van der Waals surface area (Å²) in [6.07, 6.45) is 7.68. The van der Waals surface area contributed by atoms with E-state index in [1.54, 1.807) is 0 Å². The van der Waals surface area contributed by atoms with E-state index >= 15 is 0 Å². The van der Waals surface area contributed by atoms with Crippen LogP contribution in [-0.4, -0.2) is 13.2 Å². The Morgan fingerprint density at radius 3 is 1.50 bits per heavy atom. The molecule has 0 spiro atoms. The Bertz CT molecular complexity index is 58.9. The number of hydrogen-bond donors (Lipinski definition) is 0. The first-order chi connectivity index (χ1) is 5.41. The molecule has 0 saturated heterocycles. The van der Waals surface area contributed by atoms with Crippen molar-refractivity contribution < 1.29 is 27.1 Å². The maximum Gasteiger partial charge on any atom is 0.0466 e. The standard InChI is InChI=1S/C10H22O.Nb/c1-3-5-7-9-11-10-8-6-4-2;/h3-10H2,1-2H3;. The van der Waals surface area contributed by atoms with Crippen molar-refractivity contribution in [2.45, 2.75) is 52.4 Å². The molecule has 0 rings (SSSR count). The van der Waals surface area contributed by atoms with Crippen molar-refractivity contribution in [2.75, 3.05) is 13.2 Å². The molecule has 2 heteroatoms. The van der Waals surface area contributed by atoms with E-state index in [4.69, 9.17) is 4.74 Å². The van der Waals surface area contributed by atoms with E-state index in [9.17, 15) is 0 Å². The van der Waals surface area contributed by atoms with E-state index in [0.29, 0.717) is 0 Å². The normalized spacial score (nSPS) is 9.50. The first-order valence-electron chi connectivity index (χ1n) is 4.99. The van der Waals surface area contributed by atoms with Gasteiger partial charge in [-0.3, -0.25) is 0 Å². The van der Waals surface area contributed by atoms with Crippen LogP contribution in [0.2, 0.25) is 0 Å². The molecule has 0 N–H and O–H groups in total. The minimum Gasteiger partial charge on any atom is -0.381 e. The minimum atomic E-state index is 0. The molecule has 0 bridgehead atoms. The monoisotopic (exact) mass is 251 g/mol. The van der Waals surface area contributed by atoms with Gasteiger partial charge in [-0.25, -0.2) is 0 Å². The van der Waals surface area contributed by atoms with E-state index in [-0.39, 0.29) is 22.4 Å². The smallest absolute Gasteiger partial charge is 0.0466 e. The Hall–Kier alpha value is 0.700. The average molecular weight is 251 g/mol. The van der Waals surface area contributed by atoms with Gasteiger partial charge in [0.15, 0.2) is 0 Å². The van der Waals surface area contributed by atoms with Crippen LogP contribution in [-0.2, 0) is 27.1 Å². The van der Waals surface area contributed by atoms with Crippen molar-refractivity contribution in [3.05, 3.63) is 0 Å². The number of unbranched alkanes of at least 4 members (excludes halogenated alkanes) is 4. The number of ether oxygens (including phenoxy) is 1. The van der Waals surface area contributed by atoms with Crippen LogP contribution in [0.5, 0.6) is 0 Å². The summed E-state index contributed by atoms with van der Waals surface area (Å²) in [6, 6.07) is 0. The van der Waals surface area contributed by atoms with Crippen LogP contribution in [0.3, 0.4) is 0 Å². The number of hydrogen-bond acceptors (Lipinski definition) is 1. The number of rotatable bonds is 8. The van der Waals surface area contributed by atoms with Gasteiger partial charge >= 0.3 is 0 Å². The molecule has 0 saturated carbocycles. The molecule has 0 fully saturated rings. The fourth-order valence-electron chi connectivity index (χ4n) is 1.01. The Balaban J connectivity index is 0. The Morgan fingerprint density at radius 1 is 0.750 bits per heavy atom. The van der Waals surface area contributed by atoms with E-state index in [2.05, 4.69) is 13.8 Å². The zero-order valence-corrected chi connectivity index (χ0v) is 10.7. The van der Waals surface area contributed by atoms with Crippen LogP contribution in [0, 0.1) is 0 Å². The molecule has 12 heavy (non-hydrogen) atoms. The molecular weight excluding hydrogens is 229 g/mol. The third-order valence-electron chi connectivity index (χ3n) is 1.78. The molecule has 0 aromatic heterocycles. The van der Waals surface area contributed by atoms with Crippen LogP contribution in [0.1, 0.15) is 52.4 Å². The SMILES string of the molecule is CCCCCOCCCCC.[Nb]. The van der Waals surface area contributed by atoms with Crippen LogP contribution in [0.25, 0.3) is 0 Å². The van der Waals surface area contributed by atoms with Gasteiger partial charge in [0.1, 0.15) is 0 Å². The Kier molecular flexibility index (Phi) is 18.0. The molecule has 1 nitrogen and oxygen atoms in total. The molecule has 0 aromatic rings. The average Bonchev–Trinajstić information content (AvgIpc) is 2.03. The van der Waals surface area contributed by atoms with Crippen molar-refractivity contribution in [2.24, 2.45) is 0 Å². The first-order valence-corrected chi connectivity index (χ1v) is 4.99. The summed E-state index contributed by atoms with van der Waals surface area (Å²) in [5.41, 5.74) is 0. The zero-order chi connectivity index (χ0) is 8.36. The third-order valence-corrected chi connectivity index (χ3v) is 1.78. The van der Waals surface area contributed by atoms with Gasteiger partial charge in [-0.15, -0.1) is 0 Å². The van der Waals surface area contributed by atoms with E-state index in [1.807, 2.05) is 0 Å². The fourth-order valence-corrected chi connectivity index (χ4v) is 1.01. The molecule has 73 valence electrons. The minimum absolute atomic E-state index is 0. The summed E-state index contributed by atoms with van der Waals surface area (Å²) in [5, 5.41) is 0. The molecular formula is C10H22NbO. The third kappa shape index (κ3) is 13.3. The summed E-state index contributed by atoms with van der Waals surface area (Å²) < 4.78 is 5.44. The largest absolute Gasteiger partial charge is 0.381 e. The quantitative estimate of drug-likeness (QED) is 0.474. The fraction of sp³-hybridized carbons (Fsp3) is 1.00. The zero-order valence-electron chi connectivity index (χ0n) is 8.51. The maximum atomic E-state index is 5.44. The molecule has 1 radical (unpaired) electrons. The maximum absolute atomic E-state index is 5.44. The van der Waals surface area contributed by atoms with Crippen LogP contribution in [0.15, 0.2) is 0 Å². The molecule has 0 aliphatic rings. The second-order valence-corrected chi connectivity index (χ2v) is 3.03. The topological polar surface area (TPSA) is 9.23 Å². The Labute approximate surface area is 92.8 Å². The molecule has 0 atom stereocenters. The second kappa shape index (κ2) is 14.2. The predicted molar refractivity (Wildman–Crippen MR) is 49.9 cm³/mol. The van der Waals surface area contributed by atoms with Crippen molar-refractivity contribution in [1.82, 2.24) is 0 Å². The van der Waals surface area contributed by atoms with Gasteiger partial charge in [0.25, 0.3) is 0 Å². The van der Waals surface area contributed by atoms with Crippen molar-refractivity contribution in [3.63, 3.8) is 0 Å². The van der Waals surface area contributed by atoms with Gasteiger partial charge in [0.2, 0.25) is 0 Å².